The number of nitrogens with zero attached hydrogens (tertiary/aromatic N) is 2. The molecule has 0 fully saturated rings. The van der Waals surface area contributed by atoms with Crippen molar-refractivity contribution in [1.29, 1.82) is 0 Å². The van der Waals surface area contributed by atoms with Gasteiger partial charge in [-0.2, -0.15) is 0 Å². The van der Waals surface area contributed by atoms with E-state index in [9.17, 15) is 4.79 Å². The summed E-state index contributed by atoms with van der Waals surface area (Å²) >= 11 is 0. The fourth-order valence-electron chi connectivity index (χ4n) is 2.62. The number of aliphatic imine (C=N–C) groups is 1. The third-order valence-corrected chi connectivity index (χ3v) is 3.73. The molecule has 0 radical (unpaired) electrons. The molecule has 23 heavy (non-hydrogen) atoms. The SMILES string of the molecule is CCC(=Nc1ccccc1)c1c(C)[nH]n(-c2ccccc2)c1=O. The maximum atomic E-state index is 12.8. The Bertz CT molecular complexity index is 874. The van der Waals surface area contributed by atoms with Crippen LogP contribution in [0.3, 0.4) is 0 Å². The van der Waals surface area contributed by atoms with Crippen molar-refractivity contribution in [3.05, 3.63) is 82.3 Å². The van der Waals surface area contributed by atoms with Crippen molar-refractivity contribution in [1.82, 2.24) is 9.78 Å². The van der Waals surface area contributed by atoms with Gasteiger partial charge in [-0.05, 0) is 37.6 Å². The van der Waals surface area contributed by atoms with Crippen LogP contribution in [0.2, 0.25) is 0 Å². The van der Waals surface area contributed by atoms with E-state index in [-0.39, 0.29) is 5.56 Å². The summed E-state index contributed by atoms with van der Waals surface area (Å²) in [6.07, 6.45) is 0.692. The van der Waals surface area contributed by atoms with Gasteiger partial charge < -0.3 is 0 Å². The average Bonchev–Trinajstić information content (AvgIpc) is 2.89. The molecule has 0 saturated heterocycles. The van der Waals surface area contributed by atoms with Crippen LogP contribution in [0.1, 0.15) is 24.6 Å². The van der Waals surface area contributed by atoms with E-state index in [2.05, 4.69) is 10.1 Å². The number of para-hydroxylation sites is 2. The van der Waals surface area contributed by atoms with Crippen molar-refractivity contribution < 1.29 is 0 Å². The summed E-state index contributed by atoms with van der Waals surface area (Å²) in [6.45, 7) is 3.92. The van der Waals surface area contributed by atoms with Crippen LogP contribution >= 0.6 is 0 Å². The molecular formula is C19H19N3O. The second-order valence-electron chi connectivity index (χ2n) is 5.34. The monoisotopic (exact) mass is 305 g/mol. The fourth-order valence-corrected chi connectivity index (χ4v) is 2.62. The molecule has 0 aliphatic carbocycles. The molecule has 0 unspecified atom stereocenters. The highest BCUT2D eigenvalue weighted by Gasteiger charge is 2.16. The largest absolute Gasteiger partial charge is 0.295 e. The van der Waals surface area contributed by atoms with Crippen LogP contribution in [-0.2, 0) is 0 Å². The van der Waals surface area contributed by atoms with E-state index < -0.39 is 0 Å². The van der Waals surface area contributed by atoms with Crippen LogP contribution in [0.4, 0.5) is 5.69 Å². The number of aryl methyl sites for hydroxylation is 1. The van der Waals surface area contributed by atoms with Gasteiger partial charge in [-0.15, -0.1) is 0 Å². The molecule has 0 bridgehead atoms. The lowest BCUT2D eigenvalue weighted by molar-refractivity contribution is 0.835. The van der Waals surface area contributed by atoms with Gasteiger partial charge in [-0.25, -0.2) is 4.68 Å². The second kappa shape index (κ2) is 6.48. The molecule has 0 spiro atoms. The summed E-state index contributed by atoms with van der Waals surface area (Å²) < 4.78 is 1.57. The zero-order valence-electron chi connectivity index (χ0n) is 13.3. The molecule has 0 atom stereocenters. The minimum Gasteiger partial charge on any atom is -0.295 e. The van der Waals surface area contributed by atoms with Crippen molar-refractivity contribution in [3.8, 4) is 5.69 Å². The van der Waals surface area contributed by atoms with Gasteiger partial charge in [0.15, 0.2) is 0 Å². The molecule has 0 aliphatic rings. The van der Waals surface area contributed by atoms with Gasteiger partial charge in [0.1, 0.15) is 0 Å². The van der Waals surface area contributed by atoms with E-state index in [4.69, 9.17) is 0 Å². The Balaban J connectivity index is 2.11. The number of hydrogen-bond donors (Lipinski definition) is 1. The number of nitrogens with one attached hydrogen (secondary N) is 1. The summed E-state index contributed by atoms with van der Waals surface area (Å²) in [6, 6.07) is 19.3. The molecule has 0 amide bonds. The van der Waals surface area contributed by atoms with E-state index in [1.807, 2.05) is 74.5 Å². The highest BCUT2D eigenvalue weighted by molar-refractivity contribution is 6.02. The van der Waals surface area contributed by atoms with E-state index in [0.717, 1.165) is 22.8 Å². The highest BCUT2D eigenvalue weighted by Crippen LogP contribution is 2.15. The number of H-pyrrole nitrogens is 1. The van der Waals surface area contributed by atoms with Gasteiger partial charge in [0.25, 0.3) is 5.56 Å². The van der Waals surface area contributed by atoms with Gasteiger partial charge in [-0.3, -0.25) is 14.9 Å². The van der Waals surface area contributed by atoms with E-state index in [1.165, 1.54) is 0 Å². The Morgan fingerprint density at radius 2 is 1.65 bits per heavy atom. The first kappa shape index (κ1) is 15.0. The summed E-state index contributed by atoms with van der Waals surface area (Å²) in [7, 11) is 0. The third-order valence-electron chi connectivity index (χ3n) is 3.73. The molecule has 1 N–H and O–H groups in total. The van der Waals surface area contributed by atoms with Crippen LogP contribution in [-0.4, -0.2) is 15.5 Å². The Labute approximate surface area is 135 Å². The molecule has 1 heterocycles. The van der Waals surface area contributed by atoms with Crippen molar-refractivity contribution in [3.63, 3.8) is 0 Å². The standard InChI is InChI=1S/C19H19N3O/c1-3-17(20-15-10-6-4-7-11-15)18-14(2)21-22(19(18)23)16-12-8-5-9-13-16/h4-13,21H,3H2,1-2H3. The van der Waals surface area contributed by atoms with Crippen LogP contribution in [0.15, 0.2) is 70.5 Å². The first-order valence-electron chi connectivity index (χ1n) is 7.70. The highest BCUT2D eigenvalue weighted by atomic mass is 16.1. The molecule has 0 saturated carbocycles. The van der Waals surface area contributed by atoms with Crippen molar-refractivity contribution in [2.24, 2.45) is 4.99 Å². The Hall–Kier alpha value is -2.88. The van der Waals surface area contributed by atoms with E-state index >= 15 is 0 Å². The van der Waals surface area contributed by atoms with Crippen molar-refractivity contribution in [2.75, 3.05) is 0 Å². The van der Waals surface area contributed by atoms with Crippen LogP contribution in [0.5, 0.6) is 0 Å². The zero-order chi connectivity index (χ0) is 16.2. The first-order valence-corrected chi connectivity index (χ1v) is 7.70. The quantitative estimate of drug-likeness (QED) is 0.728. The normalized spacial score (nSPS) is 11.7. The summed E-state index contributed by atoms with van der Waals surface area (Å²) in [5.41, 5.74) is 3.89. The number of benzene rings is 2. The maximum absolute atomic E-state index is 12.8. The molecule has 4 nitrogen and oxygen atoms in total. The fraction of sp³-hybridized carbons (Fsp3) is 0.158. The van der Waals surface area contributed by atoms with E-state index in [0.29, 0.717) is 12.0 Å². The smallest absolute Gasteiger partial charge is 0.280 e. The Morgan fingerprint density at radius 3 is 2.26 bits per heavy atom. The van der Waals surface area contributed by atoms with Gasteiger partial charge in [-0.1, -0.05) is 43.3 Å². The van der Waals surface area contributed by atoms with Gasteiger partial charge in [0.2, 0.25) is 0 Å². The number of rotatable bonds is 4. The minimum atomic E-state index is -0.0646. The molecule has 3 rings (SSSR count). The predicted molar refractivity (Wildman–Crippen MR) is 94.1 cm³/mol. The summed E-state index contributed by atoms with van der Waals surface area (Å²) in [5, 5.41) is 3.15. The number of hydrogen-bond acceptors (Lipinski definition) is 2. The van der Waals surface area contributed by atoms with Crippen LogP contribution in [0.25, 0.3) is 5.69 Å². The van der Waals surface area contributed by atoms with Gasteiger partial charge >= 0.3 is 0 Å². The second-order valence-corrected chi connectivity index (χ2v) is 5.34. The molecule has 3 aromatic rings. The zero-order valence-corrected chi connectivity index (χ0v) is 13.3. The molecule has 1 aromatic heterocycles. The van der Waals surface area contributed by atoms with Crippen LogP contribution < -0.4 is 5.56 Å². The lowest BCUT2D eigenvalue weighted by atomic mass is 10.1. The van der Waals surface area contributed by atoms with Gasteiger partial charge in [0, 0.05) is 5.69 Å². The molecule has 4 heteroatoms. The third kappa shape index (κ3) is 3.01. The topological polar surface area (TPSA) is 50.1 Å². The van der Waals surface area contributed by atoms with Crippen LogP contribution in [0, 0.1) is 6.92 Å². The molecule has 0 aliphatic heterocycles. The van der Waals surface area contributed by atoms with Crippen molar-refractivity contribution >= 4 is 11.4 Å². The molecule has 2 aromatic carbocycles. The minimum absolute atomic E-state index is 0.0646. The lowest BCUT2D eigenvalue weighted by Crippen LogP contribution is -2.20. The average molecular weight is 305 g/mol. The number of aromatic nitrogens is 2. The molecule has 116 valence electrons. The summed E-state index contributed by atoms with van der Waals surface area (Å²) in [4.78, 5) is 17.5. The Morgan fingerprint density at radius 1 is 1.04 bits per heavy atom. The number of aromatic amines is 1. The maximum Gasteiger partial charge on any atom is 0.280 e. The van der Waals surface area contributed by atoms with Gasteiger partial charge in [0.05, 0.1) is 22.6 Å². The molecular weight excluding hydrogens is 286 g/mol. The Kier molecular flexibility index (Phi) is 4.24. The van der Waals surface area contributed by atoms with E-state index in [1.54, 1.807) is 4.68 Å². The predicted octanol–water partition coefficient (Wildman–Crippen LogP) is 4.00. The summed E-state index contributed by atoms with van der Waals surface area (Å²) in [5.74, 6) is 0. The lowest BCUT2D eigenvalue weighted by Gasteiger charge is -2.02. The first-order chi connectivity index (χ1) is 11.2. The van der Waals surface area contributed by atoms with Crippen molar-refractivity contribution in [2.45, 2.75) is 20.3 Å².